The molecule has 0 aliphatic carbocycles. The van der Waals surface area contributed by atoms with Crippen molar-refractivity contribution >= 4 is 29.1 Å². The predicted octanol–water partition coefficient (Wildman–Crippen LogP) is 2.25. The molecule has 0 saturated carbocycles. The number of halogens is 2. The summed E-state index contributed by atoms with van der Waals surface area (Å²) in [7, 11) is 0. The summed E-state index contributed by atoms with van der Waals surface area (Å²) < 4.78 is 1.57. The third-order valence-corrected chi connectivity index (χ3v) is 3.28. The lowest BCUT2D eigenvalue weighted by Gasteiger charge is -2.03. The molecule has 5 nitrogen and oxygen atoms in total. The molecule has 0 atom stereocenters. The molecule has 0 spiro atoms. The van der Waals surface area contributed by atoms with E-state index in [1.165, 1.54) is 6.92 Å². The van der Waals surface area contributed by atoms with Gasteiger partial charge in [0.1, 0.15) is 0 Å². The fraction of sp³-hybridized carbons (Fsp3) is 0.250. The molecular formula is C12H12Cl2N4O. The molecule has 0 bridgehead atoms. The van der Waals surface area contributed by atoms with Crippen LogP contribution < -0.4 is 5.32 Å². The molecule has 2 aromatic rings. The second kappa shape index (κ2) is 6.04. The normalized spacial score (nSPS) is 10.5. The Morgan fingerprint density at radius 2 is 2.21 bits per heavy atom. The van der Waals surface area contributed by atoms with Crippen LogP contribution in [0.15, 0.2) is 24.4 Å². The Hall–Kier alpha value is -1.59. The van der Waals surface area contributed by atoms with Crippen LogP contribution in [0.5, 0.6) is 0 Å². The summed E-state index contributed by atoms with van der Waals surface area (Å²) in [5.74, 6) is -0.0646. The summed E-state index contributed by atoms with van der Waals surface area (Å²) >= 11 is 12.1. The van der Waals surface area contributed by atoms with Crippen LogP contribution in [0.25, 0.3) is 5.69 Å². The van der Waals surface area contributed by atoms with Crippen LogP contribution in [-0.2, 0) is 11.2 Å². The van der Waals surface area contributed by atoms with Crippen LogP contribution >= 0.6 is 23.2 Å². The first-order valence-electron chi connectivity index (χ1n) is 5.68. The van der Waals surface area contributed by atoms with Crippen molar-refractivity contribution in [3.63, 3.8) is 0 Å². The van der Waals surface area contributed by atoms with E-state index in [0.29, 0.717) is 28.7 Å². The molecule has 2 rings (SSSR count). The van der Waals surface area contributed by atoms with Crippen LogP contribution in [0.2, 0.25) is 10.0 Å². The number of hydrogen-bond donors (Lipinski definition) is 1. The van der Waals surface area contributed by atoms with E-state index in [0.717, 1.165) is 5.69 Å². The van der Waals surface area contributed by atoms with Crippen molar-refractivity contribution in [1.29, 1.82) is 0 Å². The van der Waals surface area contributed by atoms with Gasteiger partial charge in [0.25, 0.3) is 0 Å². The quantitative estimate of drug-likeness (QED) is 0.942. The van der Waals surface area contributed by atoms with Gasteiger partial charge in [0.05, 0.1) is 27.6 Å². The summed E-state index contributed by atoms with van der Waals surface area (Å²) in [5.41, 5.74) is 1.44. The maximum Gasteiger partial charge on any atom is 0.216 e. The van der Waals surface area contributed by atoms with E-state index in [1.54, 1.807) is 29.1 Å². The second-order valence-corrected chi connectivity index (χ2v) is 4.75. The maximum absolute atomic E-state index is 10.8. The van der Waals surface area contributed by atoms with Crippen LogP contribution in [0.3, 0.4) is 0 Å². The van der Waals surface area contributed by atoms with Gasteiger partial charge in [-0.15, -0.1) is 5.10 Å². The molecule has 1 aromatic carbocycles. The molecule has 0 aliphatic rings. The number of carbonyl (C=O) groups is 1. The number of aromatic nitrogens is 3. The molecule has 0 aliphatic heterocycles. The van der Waals surface area contributed by atoms with Gasteiger partial charge in [0.15, 0.2) is 0 Å². The van der Waals surface area contributed by atoms with Gasteiger partial charge in [-0.2, -0.15) is 0 Å². The van der Waals surface area contributed by atoms with Gasteiger partial charge < -0.3 is 5.32 Å². The van der Waals surface area contributed by atoms with Crippen molar-refractivity contribution in [1.82, 2.24) is 20.3 Å². The Morgan fingerprint density at radius 3 is 2.95 bits per heavy atom. The number of carbonyl (C=O) groups excluding carboxylic acids is 1. The van der Waals surface area contributed by atoms with Crippen LogP contribution in [0.1, 0.15) is 12.6 Å². The van der Waals surface area contributed by atoms with Gasteiger partial charge in [-0.25, -0.2) is 4.68 Å². The molecule has 0 fully saturated rings. The highest BCUT2D eigenvalue weighted by Gasteiger charge is 2.09. The first-order chi connectivity index (χ1) is 9.08. The number of hydrogen-bond acceptors (Lipinski definition) is 3. The zero-order valence-electron chi connectivity index (χ0n) is 10.2. The van der Waals surface area contributed by atoms with E-state index in [1.807, 2.05) is 0 Å². The Bertz CT molecular complexity index is 597. The molecule has 0 saturated heterocycles. The molecule has 1 aromatic heterocycles. The lowest BCUT2D eigenvalue weighted by Crippen LogP contribution is -2.22. The van der Waals surface area contributed by atoms with Crippen molar-refractivity contribution in [2.45, 2.75) is 13.3 Å². The Labute approximate surface area is 120 Å². The standard InChI is InChI=1S/C12H12Cl2N4O/c1-8(19)15-6-5-9-7-18(17-16-9)11-4-2-3-10(13)12(11)14/h2-4,7H,5-6H2,1H3,(H,15,19). The van der Waals surface area contributed by atoms with Crippen LogP contribution in [0.4, 0.5) is 0 Å². The van der Waals surface area contributed by atoms with Crippen molar-refractivity contribution in [2.24, 2.45) is 0 Å². The summed E-state index contributed by atoms with van der Waals surface area (Å²) in [6.45, 7) is 2.00. The van der Waals surface area contributed by atoms with Gasteiger partial charge in [-0.3, -0.25) is 4.79 Å². The Kier molecular flexibility index (Phi) is 4.39. The smallest absolute Gasteiger partial charge is 0.216 e. The van der Waals surface area contributed by atoms with Gasteiger partial charge >= 0.3 is 0 Å². The van der Waals surface area contributed by atoms with E-state index in [2.05, 4.69) is 15.6 Å². The lowest BCUT2D eigenvalue weighted by molar-refractivity contribution is -0.118. The summed E-state index contributed by atoms with van der Waals surface area (Å²) in [6, 6.07) is 5.31. The highest BCUT2D eigenvalue weighted by atomic mass is 35.5. The van der Waals surface area contributed by atoms with E-state index < -0.39 is 0 Å². The Morgan fingerprint density at radius 1 is 1.42 bits per heavy atom. The number of nitrogens with one attached hydrogen (secondary N) is 1. The van der Waals surface area contributed by atoms with Gasteiger partial charge in [0, 0.05) is 19.9 Å². The van der Waals surface area contributed by atoms with Gasteiger partial charge in [-0.1, -0.05) is 34.5 Å². The molecule has 0 radical (unpaired) electrons. The van der Waals surface area contributed by atoms with Crippen molar-refractivity contribution in [3.05, 3.63) is 40.1 Å². The molecular weight excluding hydrogens is 287 g/mol. The zero-order chi connectivity index (χ0) is 13.8. The van der Waals surface area contributed by atoms with E-state index in [-0.39, 0.29) is 5.91 Å². The van der Waals surface area contributed by atoms with Gasteiger partial charge in [0.2, 0.25) is 5.91 Å². The zero-order valence-corrected chi connectivity index (χ0v) is 11.7. The highest BCUT2D eigenvalue weighted by molar-refractivity contribution is 6.43. The maximum atomic E-state index is 10.8. The number of nitrogens with zero attached hydrogens (tertiary/aromatic N) is 3. The molecule has 7 heteroatoms. The van der Waals surface area contributed by atoms with Crippen molar-refractivity contribution in [3.8, 4) is 5.69 Å². The average molecular weight is 299 g/mol. The lowest BCUT2D eigenvalue weighted by atomic mass is 10.3. The number of amides is 1. The number of rotatable bonds is 4. The largest absolute Gasteiger partial charge is 0.356 e. The first kappa shape index (κ1) is 13.8. The average Bonchev–Trinajstić information content (AvgIpc) is 2.81. The van der Waals surface area contributed by atoms with Crippen LogP contribution in [0, 0.1) is 0 Å². The van der Waals surface area contributed by atoms with Crippen molar-refractivity contribution < 1.29 is 4.79 Å². The monoisotopic (exact) mass is 298 g/mol. The third-order valence-electron chi connectivity index (χ3n) is 2.47. The Balaban J connectivity index is 2.12. The second-order valence-electron chi connectivity index (χ2n) is 3.96. The molecule has 100 valence electrons. The van der Waals surface area contributed by atoms with Crippen LogP contribution in [-0.4, -0.2) is 27.4 Å². The fourth-order valence-electron chi connectivity index (χ4n) is 1.57. The fourth-order valence-corrected chi connectivity index (χ4v) is 1.95. The molecule has 1 N–H and O–H groups in total. The minimum Gasteiger partial charge on any atom is -0.356 e. The topological polar surface area (TPSA) is 59.8 Å². The third kappa shape index (κ3) is 3.45. The highest BCUT2D eigenvalue weighted by Crippen LogP contribution is 2.27. The van der Waals surface area contributed by atoms with Crippen molar-refractivity contribution in [2.75, 3.05) is 6.54 Å². The van der Waals surface area contributed by atoms with E-state index in [4.69, 9.17) is 23.2 Å². The predicted molar refractivity (Wildman–Crippen MR) is 73.8 cm³/mol. The summed E-state index contributed by atoms with van der Waals surface area (Å²) in [5, 5.41) is 11.6. The molecule has 1 amide bonds. The molecule has 0 unspecified atom stereocenters. The van der Waals surface area contributed by atoms with Gasteiger partial charge in [-0.05, 0) is 12.1 Å². The first-order valence-corrected chi connectivity index (χ1v) is 6.43. The number of benzene rings is 1. The summed E-state index contributed by atoms with van der Waals surface area (Å²) in [4.78, 5) is 10.8. The minimum absolute atomic E-state index is 0.0646. The molecule has 19 heavy (non-hydrogen) atoms. The van der Waals surface area contributed by atoms with E-state index in [9.17, 15) is 4.79 Å². The SMILES string of the molecule is CC(=O)NCCc1cn(-c2cccc(Cl)c2Cl)nn1. The summed E-state index contributed by atoms with van der Waals surface area (Å²) in [6.07, 6.45) is 2.37. The molecule has 1 heterocycles. The van der Waals surface area contributed by atoms with E-state index >= 15 is 0 Å². The minimum atomic E-state index is -0.0646.